The Morgan fingerprint density at radius 3 is 2.72 bits per heavy atom. The summed E-state index contributed by atoms with van der Waals surface area (Å²) >= 11 is 0. The molecule has 0 aliphatic carbocycles. The first-order valence-corrected chi connectivity index (χ1v) is 10.7. The van der Waals surface area contributed by atoms with Gasteiger partial charge in [-0.3, -0.25) is 14.9 Å². The average molecular weight is 488 g/mol. The van der Waals surface area contributed by atoms with Gasteiger partial charge >= 0.3 is 5.63 Å². The third-order valence-corrected chi connectivity index (χ3v) is 5.05. The van der Waals surface area contributed by atoms with Crippen molar-refractivity contribution in [1.29, 1.82) is 0 Å². The van der Waals surface area contributed by atoms with Gasteiger partial charge in [0.15, 0.2) is 5.78 Å². The summed E-state index contributed by atoms with van der Waals surface area (Å²) in [6.45, 7) is 1.99. The van der Waals surface area contributed by atoms with E-state index < -0.39 is 27.6 Å². The number of nitro benzene ring substituents is 1. The second-order valence-corrected chi connectivity index (χ2v) is 7.79. The molecular formula is C25H20N4O7. The van der Waals surface area contributed by atoms with Crippen LogP contribution in [0.1, 0.15) is 32.9 Å². The Morgan fingerprint density at radius 2 is 2.00 bits per heavy atom. The number of hydrogen-bond donors (Lipinski definition) is 1. The highest BCUT2D eigenvalue weighted by molar-refractivity contribution is 6.08. The second-order valence-electron chi connectivity index (χ2n) is 7.79. The second kappa shape index (κ2) is 10.5. The van der Waals surface area contributed by atoms with E-state index in [4.69, 9.17) is 9.15 Å². The molecule has 0 spiro atoms. The standard InChI is InChI=1S/C25H20N4O7/c1-16-11-23(31)24(25(32)36-16)22(30)10-7-17-5-8-21(9-6-17)35-15-19-14-28(27-26-19)13-18-3-2-4-20(12-18)29(33)34/h2-12,14,31H,13,15H2,1H3/b10-7+. The summed E-state index contributed by atoms with van der Waals surface area (Å²) in [6.07, 6.45) is 4.37. The summed E-state index contributed by atoms with van der Waals surface area (Å²) in [6, 6.07) is 14.4. The highest BCUT2D eigenvalue weighted by atomic mass is 16.6. The number of ether oxygens (including phenoxy) is 1. The molecule has 2 aromatic carbocycles. The van der Waals surface area contributed by atoms with Gasteiger partial charge in [-0.1, -0.05) is 35.6 Å². The van der Waals surface area contributed by atoms with Crippen molar-refractivity contribution < 1.29 is 24.0 Å². The van der Waals surface area contributed by atoms with Crippen LogP contribution in [0.15, 0.2) is 76.1 Å². The molecule has 0 radical (unpaired) electrons. The maximum absolute atomic E-state index is 12.3. The first-order chi connectivity index (χ1) is 17.3. The van der Waals surface area contributed by atoms with Crippen molar-refractivity contribution in [3.05, 3.63) is 116 Å². The number of aromatic nitrogens is 3. The monoisotopic (exact) mass is 488 g/mol. The Bertz CT molecular complexity index is 1500. The number of carbonyl (C=O) groups is 1. The zero-order chi connectivity index (χ0) is 25.7. The van der Waals surface area contributed by atoms with Gasteiger partial charge in [-0.15, -0.1) is 5.10 Å². The molecule has 0 fully saturated rings. The van der Waals surface area contributed by atoms with Crippen LogP contribution in [0.25, 0.3) is 6.08 Å². The Balaban J connectivity index is 1.33. The average Bonchev–Trinajstić information content (AvgIpc) is 3.28. The SMILES string of the molecule is Cc1cc(O)c(C(=O)/C=C/c2ccc(OCc3cn(Cc4cccc([N+](=O)[O-])c4)nn3)cc2)c(=O)o1. The van der Waals surface area contributed by atoms with E-state index in [0.717, 1.165) is 5.56 Å². The lowest BCUT2D eigenvalue weighted by Gasteiger charge is -2.04. The Kier molecular flexibility index (Phi) is 7.00. The van der Waals surface area contributed by atoms with Gasteiger partial charge in [0, 0.05) is 18.2 Å². The first-order valence-electron chi connectivity index (χ1n) is 10.7. The third kappa shape index (κ3) is 5.89. The van der Waals surface area contributed by atoms with Gasteiger partial charge in [0.05, 0.1) is 17.7 Å². The van der Waals surface area contributed by atoms with Crippen LogP contribution in [-0.4, -0.2) is 30.8 Å². The summed E-state index contributed by atoms with van der Waals surface area (Å²) in [7, 11) is 0. The van der Waals surface area contributed by atoms with E-state index in [1.54, 1.807) is 47.3 Å². The molecule has 0 unspecified atom stereocenters. The van der Waals surface area contributed by atoms with Gasteiger partial charge in [0.1, 0.15) is 35.1 Å². The zero-order valence-electron chi connectivity index (χ0n) is 19.0. The van der Waals surface area contributed by atoms with Crippen molar-refractivity contribution in [2.24, 2.45) is 0 Å². The molecule has 0 bridgehead atoms. The van der Waals surface area contributed by atoms with Gasteiger partial charge in [0.2, 0.25) is 0 Å². The summed E-state index contributed by atoms with van der Waals surface area (Å²) in [5.41, 5.74) is 0.671. The largest absolute Gasteiger partial charge is 0.507 e. The number of hydrogen-bond acceptors (Lipinski definition) is 9. The van der Waals surface area contributed by atoms with E-state index in [1.165, 1.54) is 37.3 Å². The first kappa shape index (κ1) is 24.1. The van der Waals surface area contributed by atoms with Gasteiger partial charge in [-0.2, -0.15) is 0 Å². The number of aromatic hydroxyl groups is 1. The van der Waals surface area contributed by atoms with E-state index >= 15 is 0 Å². The summed E-state index contributed by atoms with van der Waals surface area (Å²) in [5.74, 6) is -0.332. The number of rotatable bonds is 9. The van der Waals surface area contributed by atoms with Crippen molar-refractivity contribution in [1.82, 2.24) is 15.0 Å². The summed E-state index contributed by atoms with van der Waals surface area (Å²) in [5, 5.41) is 28.9. The smallest absolute Gasteiger partial charge is 0.351 e. The molecule has 2 aromatic heterocycles. The van der Waals surface area contributed by atoms with Gasteiger partial charge in [-0.05, 0) is 36.3 Å². The fourth-order valence-corrected chi connectivity index (χ4v) is 3.35. The van der Waals surface area contributed by atoms with Crippen LogP contribution in [0.5, 0.6) is 11.5 Å². The molecule has 182 valence electrons. The number of ketones is 1. The van der Waals surface area contributed by atoms with Crippen molar-refractivity contribution in [3.63, 3.8) is 0 Å². The molecule has 0 saturated heterocycles. The number of allylic oxidation sites excluding steroid dienone is 1. The zero-order valence-corrected chi connectivity index (χ0v) is 19.0. The van der Waals surface area contributed by atoms with Gasteiger partial charge in [0.25, 0.3) is 5.69 Å². The van der Waals surface area contributed by atoms with Crippen LogP contribution in [0.2, 0.25) is 0 Å². The van der Waals surface area contributed by atoms with E-state index in [-0.39, 0.29) is 18.1 Å². The number of nitrogens with zero attached hydrogens (tertiary/aromatic N) is 4. The highest BCUT2D eigenvalue weighted by Crippen LogP contribution is 2.18. The van der Waals surface area contributed by atoms with Gasteiger partial charge < -0.3 is 14.3 Å². The minimum atomic E-state index is -0.895. The maximum atomic E-state index is 12.3. The quantitative estimate of drug-likeness (QED) is 0.161. The summed E-state index contributed by atoms with van der Waals surface area (Å²) in [4.78, 5) is 34.6. The molecule has 0 aliphatic heterocycles. The van der Waals surface area contributed by atoms with E-state index in [9.17, 15) is 24.8 Å². The molecule has 11 heteroatoms. The Morgan fingerprint density at radius 1 is 1.22 bits per heavy atom. The predicted octanol–water partition coefficient (Wildman–Crippen LogP) is 3.68. The number of carbonyl (C=O) groups excluding carboxylic acids is 1. The topological polar surface area (TPSA) is 151 Å². The molecule has 4 aromatic rings. The number of aryl methyl sites for hydroxylation is 1. The lowest BCUT2D eigenvalue weighted by Crippen LogP contribution is -2.12. The van der Waals surface area contributed by atoms with Crippen molar-refractivity contribution >= 4 is 17.5 Å². The molecule has 2 heterocycles. The Hall–Kier alpha value is -5.06. The lowest BCUT2D eigenvalue weighted by molar-refractivity contribution is -0.384. The van der Waals surface area contributed by atoms with E-state index in [0.29, 0.717) is 23.6 Å². The Labute approximate surface area is 204 Å². The fourth-order valence-electron chi connectivity index (χ4n) is 3.35. The van der Waals surface area contributed by atoms with E-state index in [1.807, 2.05) is 0 Å². The molecule has 36 heavy (non-hydrogen) atoms. The number of nitro groups is 1. The fraction of sp³-hybridized carbons (Fsp3) is 0.120. The summed E-state index contributed by atoms with van der Waals surface area (Å²) < 4.78 is 12.1. The molecule has 1 N–H and O–H groups in total. The molecular weight excluding hydrogens is 468 g/mol. The van der Waals surface area contributed by atoms with Crippen LogP contribution in [0.3, 0.4) is 0 Å². The molecule has 0 aliphatic rings. The minimum absolute atomic E-state index is 0.0118. The van der Waals surface area contributed by atoms with Crippen LogP contribution in [-0.2, 0) is 13.2 Å². The highest BCUT2D eigenvalue weighted by Gasteiger charge is 2.16. The molecule has 0 atom stereocenters. The molecule has 4 rings (SSSR count). The van der Waals surface area contributed by atoms with Crippen molar-refractivity contribution in [3.8, 4) is 11.5 Å². The molecule has 0 amide bonds. The number of benzene rings is 2. The van der Waals surface area contributed by atoms with Crippen LogP contribution >= 0.6 is 0 Å². The van der Waals surface area contributed by atoms with E-state index in [2.05, 4.69) is 10.3 Å². The predicted molar refractivity (Wildman–Crippen MR) is 128 cm³/mol. The third-order valence-electron chi connectivity index (χ3n) is 5.05. The van der Waals surface area contributed by atoms with Gasteiger partial charge in [-0.25, -0.2) is 9.48 Å². The van der Waals surface area contributed by atoms with Crippen molar-refractivity contribution in [2.45, 2.75) is 20.1 Å². The van der Waals surface area contributed by atoms with Crippen LogP contribution < -0.4 is 10.4 Å². The lowest BCUT2D eigenvalue weighted by atomic mass is 10.1. The molecule has 11 nitrogen and oxygen atoms in total. The maximum Gasteiger partial charge on any atom is 0.351 e. The van der Waals surface area contributed by atoms with Crippen LogP contribution in [0.4, 0.5) is 5.69 Å². The normalized spacial score (nSPS) is 11.0. The van der Waals surface area contributed by atoms with Crippen molar-refractivity contribution in [2.75, 3.05) is 0 Å². The number of non-ortho nitro benzene ring substituents is 1. The molecule has 0 saturated carbocycles. The van der Waals surface area contributed by atoms with Crippen LogP contribution in [0, 0.1) is 17.0 Å². The minimum Gasteiger partial charge on any atom is -0.507 e.